The molecule has 1 atom stereocenters. The molecular weight excluding hydrogens is 328 g/mol. The minimum Gasteiger partial charge on any atom is -0.479 e. The van der Waals surface area contributed by atoms with Gasteiger partial charge >= 0.3 is 5.97 Å². The Labute approximate surface area is 142 Å². The van der Waals surface area contributed by atoms with Crippen LogP contribution in [-0.4, -0.2) is 30.0 Å². The summed E-state index contributed by atoms with van der Waals surface area (Å²) in [5.41, 5.74) is 0.929. The maximum Gasteiger partial charge on any atom is 0.337 e. The first-order valence-electron chi connectivity index (χ1n) is 7.40. The van der Waals surface area contributed by atoms with Gasteiger partial charge in [-0.05, 0) is 37.3 Å². The number of nitro benzene ring substituents is 1. The summed E-state index contributed by atoms with van der Waals surface area (Å²) in [5.74, 6) is -0.488. The Morgan fingerprint density at radius 3 is 2.52 bits per heavy atom. The number of carbonyl (C=O) groups excluding carboxylic acids is 2. The second-order valence-corrected chi connectivity index (χ2v) is 5.38. The van der Waals surface area contributed by atoms with Crippen LogP contribution in [0.2, 0.25) is 0 Å². The molecule has 1 heterocycles. The number of nitrogens with zero attached hydrogens (tertiary/aromatic N) is 2. The van der Waals surface area contributed by atoms with E-state index in [4.69, 9.17) is 4.74 Å². The Balaban J connectivity index is 2.08. The molecule has 8 nitrogen and oxygen atoms in total. The Bertz CT molecular complexity index is 862. The van der Waals surface area contributed by atoms with Crippen molar-refractivity contribution in [2.24, 2.45) is 0 Å². The van der Waals surface area contributed by atoms with Crippen LogP contribution < -0.4 is 9.64 Å². The van der Waals surface area contributed by atoms with E-state index in [1.54, 1.807) is 19.1 Å². The monoisotopic (exact) mass is 342 g/mol. The van der Waals surface area contributed by atoms with Crippen LogP contribution in [0.1, 0.15) is 17.3 Å². The van der Waals surface area contributed by atoms with Crippen molar-refractivity contribution in [1.29, 1.82) is 0 Å². The van der Waals surface area contributed by atoms with Gasteiger partial charge < -0.3 is 9.47 Å². The quantitative estimate of drug-likeness (QED) is 0.483. The van der Waals surface area contributed by atoms with Gasteiger partial charge in [0, 0.05) is 17.8 Å². The fraction of sp³-hybridized carbons (Fsp3) is 0.176. The molecule has 0 bridgehead atoms. The van der Waals surface area contributed by atoms with Crippen molar-refractivity contribution >= 4 is 28.9 Å². The number of amides is 1. The number of rotatable bonds is 3. The van der Waals surface area contributed by atoms with Gasteiger partial charge in [-0.2, -0.15) is 0 Å². The fourth-order valence-corrected chi connectivity index (χ4v) is 2.57. The summed E-state index contributed by atoms with van der Waals surface area (Å²) in [5, 5.41) is 11.0. The standard InChI is InChI=1S/C17H14N2O6/c1-10-16(20)18(12-5-3-11(4-6-12)17(21)24-2)14-9-13(19(22)23)7-8-15(14)25-10/h3-10H,1-2H3. The highest BCUT2D eigenvalue weighted by molar-refractivity contribution is 6.06. The van der Waals surface area contributed by atoms with Crippen molar-refractivity contribution in [3.05, 3.63) is 58.1 Å². The van der Waals surface area contributed by atoms with Crippen LogP contribution >= 0.6 is 0 Å². The van der Waals surface area contributed by atoms with E-state index in [2.05, 4.69) is 4.74 Å². The molecule has 0 aromatic heterocycles. The van der Waals surface area contributed by atoms with Gasteiger partial charge in [0.1, 0.15) is 5.75 Å². The topological polar surface area (TPSA) is 99.0 Å². The molecule has 1 amide bonds. The smallest absolute Gasteiger partial charge is 0.337 e. The highest BCUT2D eigenvalue weighted by Crippen LogP contribution is 2.40. The average molecular weight is 342 g/mol. The Morgan fingerprint density at radius 1 is 1.24 bits per heavy atom. The van der Waals surface area contributed by atoms with E-state index in [1.165, 1.54) is 42.3 Å². The molecule has 0 N–H and O–H groups in total. The molecule has 2 aromatic carbocycles. The number of carbonyl (C=O) groups is 2. The molecule has 25 heavy (non-hydrogen) atoms. The van der Waals surface area contributed by atoms with Crippen molar-refractivity contribution in [2.75, 3.05) is 12.0 Å². The number of ether oxygens (including phenoxy) is 2. The molecule has 0 saturated carbocycles. The van der Waals surface area contributed by atoms with Gasteiger partial charge in [0.05, 0.1) is 23.3 Å². The fourth-order valence-electron chi connectivity index (χ4n) is 2.57. The molecule has 0 spiro atoms. The number of fused-ring (bicyclic) bond motifs is 1. The van der Waals surface area contributed by atoms with E-state index in [0.717, 1.165) is 0 Å². The number of benzene rings is 2. The lowest BCUT2D eigenvalue weighted by molar-refractivity contribution is -0.384. The predicted molar refractivity (Wildman–Crippen MR) is 88.1 cm³/mol. The van der Waals surface area contributed by atoms with Crippen LogP contribution in [0.4, 0.5) is 17.1 Å². The van der Waals surface area contributed by atoms with E-state index in [-0.39, 0.29) is 17.3 Å². The summed E-state index contributed by atoms with van der Waals surface area (Å²) >= 11 is 0. The molecule has 1 aliphatic rings. The third kappa shape index (κ3) is 2.89. The molecule has 0 aliphatic carbocycles. The minimum atomic E-state index is -0.741. The normalized spacial score (nSPS) is 16.0. The minimum absolute atomic E-state index is 0.152. The van der Waals surface area contributed by atoms with Gasteiger partial charge in [0.2, 0.25) is 0 Å². The van der Waals surface area contributed by atoms with Crippen molar-refractivity contribution in [1.82, 2.24) is 0 Å². The number of hydrogen-bond acceptors (Lipinski definition) is 6. The Kier molecular flexibility index (Phi) is 4.10. The predicted octanol–water partition coefficient (Wildman–Crippen LogP) is 2.83. The number of nitro groups is 1. The number of anilines is 2. The molecule has 1 unspecified atom stereocenters. The lowest BCUT2D eigenvalue weighted by Crippen LogP contribution is -2.41. The van der Waals surface area contributed by atoms with Gasteiger partial charge in [0.25, 0.3) is 11.6 Å². The molecule has 3 rings (SSSR count). The van der Waals surface area contributed by atoms with Gasteiger partial charge in [-0.25, -0.2) is 4.79 Å². The lowest BCUT2D eigenvalue weighted by Gasteiger charge is -2.32. The molecule has 128 valence electrons. The number of esters is 1. The van der Waals surface area contributed by atoms with Crippen LogP contribution in [0.5, 0.6) is 5.75 Å². The second-order valence-electron chi connectivity index (χ2n) is 5.38. The maximum atomic E-state index is 12.6. The zero-order valence-electron chi connectivity index (χ0n) is 13.5. The third-order valence-electron chi connectivity index (χ3n) is 3.81. The molecule has 0 saturated heterocycles. The van der Waals surface area contributed by atoms with Gasteiger partial charge in [-0.3, -0.25) is 19.8 Å². The van der Waals surface area contributed by atoms with Crippen LogP contribution in [0.15, 0.2) is 42.5 Å². The summed E-state index contributed by atoms with van der Waals surface area (Å²) < 4.78 is 10.2. The lowest BCUT2D eigenvalue weighted by atomic mass is 10.1. The van der Waals surface area contributed by atoms with Crippen molar-refractivity contribution in [2.45, 2.75) is 13.0 Å². The van der Waals surface area contributed by atoms with Crippen LogP contribution in [0, 0.1) is 10.1 Å². The average Bonchev–Trinajstić information content (AvgIpc) is 2.62. The van der Waals surface area contributed by atoms with E-state index in [1.807, 2.05) is 0 Å². The molecular formula is C17H14N2O6. The largest absolute Gasteiger partial charge is 0.479 e. The van der Waals surface area contributed by atoms with E-state index >= 15 is 0 Å². The first-order valence-corrected chi connectivity index (χ1v) is 7.40. The summed E-state index contributed by atoms with van der Waals surface area (Å²) in [4.78, 5) is 36.0. The zero-order valence-corrected chi connectivity index (χ0v) is 13.5. The molecule has 0 fully saturated rings. The molecule has 8 heteroatoms. The van der Waals surface area contributed by atoms with Crippen molar-refractivity contribution in [3.8, 4) is 5.75 Å². The SMILES string of the molecule is COC(=O)c1ccc(N2C(=O)C(C)Oc3ccc([N+](=O)[O-])cc32)cc1. The van der Waals surface area contributed by atoms with Gasteiger partial charge in [-0.1, -0.05) is 0 Å². The zero-order chi connectivity index (χ0) is 18.1. The summed E-state index contributed by atoms with van der Waals surface area (Å²) in [6.07, 6.45) is -0.741. The first-order chi connectivity index (χ1) is 11.9. The molecule has 0 radical (unpaired) electrons. The van der Waals surface area contributed by atoms with Crippen molar-refractivity contribution in [3.63, 3.8) is 0 Å². The van der Waals surface area contributed by atoms with Crippen LogP contribution in [0.25, 0.3) is 0 Å². The van der Waals surface area contributed by atoms with E-state index < -0.39 is 17.0 Å². The Morgan fingerprint density at radius 2 is 1.92 bits per heavy atom. The highest BCUT2D eigenvalue weighted by Gasteiger charge is 2.34. The molecule has 2 aromatic rings. The van der Waals surface area contributed by atoms with Crippen molar-refractivity contribution < 1.29 is 24.0 Å². The van der Waals surface area contributed by atoms with E-state index in [0.29, 0.717) is 17.0 Å². The summed E-state index contributed by atoms with van der Waals surface area (Å²) in [6, 6.07) is 10.3. The number of methoxy groups -OCH3 is 1. The molecule has 1 aliphatic heterocycles. The first kappa shape index (κ1) is 16.4. The summed E-state index contributed by atoms with van der Waals surface area (Å²) in [7, 11) is 1.28. The highest BCUT2D eigenvalue weighted by atomic mass is 16.6. The van der Waals surface area contributed by atoms with E-state index in [9.17, 15) is 19.7 Å². The Hall–Kier alpha value is -3.42. The second kappa shape index (κ2) is 6.23. The van der Waals surface area contributed by atoms with Crippen LogP contribution in [-0.2, 0) is 9.53 Å². The van der Waals surface area contributed by atoms with Gasteiger partial charge in [-0.15, -0.1) is 0 Å². The maximum absolute atomic E-state index is 12.6. The third-order valence-corrected chi connectivity index (χ3v) is 3.81. The summed E-state index contributed by atoms with van der Waals surface area (Å²) in [6.45, 7) is 1.60. The number of hydrogen-bond donors (Lipinski definition) is 0. The van der Waals surface area contributed by atoms with Crippen LogP contribution in [0.3, 0.4) is 0 Å². The number of non-ortho nitro benzene ring substituents is 1. The van der Waals surface area contributed by atoms with Gasteiger partial charge in [0.15, 0.2) is 6.10 Å².